The second kappa shape index (κ2) is 8.58. The van der Waals surface area contributed by atoms with Gasteiger partial charge in [-0.1, -0.05) is 53.7 Å². The average Bonchev–Trinajstić information content (AvgIpc) is 3.59. The van der Waals surface area contributed by atoms with Crippen LogP contribution in [-0.2, 0) is 22.4 Å². The maximum Gasteiger partial charge on any atom is 0.228 e. The van der Waals surface area contributed by atoms with Gasteiger partial charge in [-0.2, -0.15) is 0 Å². The molecular formula is C26H26N4O3. The summed E-state index contributed by atoms with van der Waals surface area (Å²) < 4.78 is 5.59. The lowest BCUT2D eigenvalue weighted by Crippen LogP contribution is -2.44. The molecular weight excluding hydrogens is 416 g/mol. The van der Waals surface area contributed by atoms with E-state index in [0.717, 1.165) is 27.7 Å². The maximum absolute atomic E-state index is 13.1. The van der Waals surface area contributed by atoms with Crippen LogP contribution in [0, 0.1) is 5.41 Å². The summed E-state index contributed by atoms with van der Waals surface area (Å²) in [6.45, 7) is 0.892. The van der Waals surface area contributed by atoms with Gasteiger partial charge < -0.3 is 19.7 Å². The van der Waals surface area contributed by atoms with Gasteiger partial charge in [0.2, 0.25) is 11.8 Å². The van der Waals surface area contributed by atoms with Crippen molar-refractivity contribution in [3.63, 3.8) is 0 Å². The van der Waals surface area contributed by atoms with Gasteiger partial charge in [0.15, 0.2) is 0 Å². The first-order valence-electron chi connectivity index (χ1n) is 11.1. The van der Waals surface area contributed by atoms with Crippen LogP contribution in [0.2, 0.25) is 0 Å². The first kappa shape index (κ1) is 21.0. The van der Waals surface area contributed by atoms with E-state index in [9.17, 15) is 9.59 Å². The summed E-state index contributed by atoms with van der Waals surface area (Å²) in [5.41, 5.74) is 2.95. The zero-order valence-electron chi connectivity index (χ0n) is 18.5. The number of rotatable bonds is 6. The maximum atomic E-state index is 13.1. The normalized spacial score (nSPS) is 18.0. The lowest BCUT2D eigenvalue weighted by molar-refractivity contribution is -0.132. The molecule has 168 valence electrons. The van der Waals surface area contributed by atoms with E-state index in [4.69, 9.17) is 4.52 Å². The van der Waals surface area contributed by atoms with Crippen molar-refractivity contribution in [2.24, 2.45) is 5.41 Å². The minimum atomic E-state index is -0.738. The molecule has 2 N–H and O–H groups in total. The highest BCUT2D eigenvalue weighted by atomic mass is 16.5. The number of para-hydroxylation sites is 1. The highest BCUT2D eigenvalue weighted by molar-refractivity contribution is 5.90. The van der Waals surface area contributed by atoms with Crippen molar-refractivity contribution in [3.8, 4) is 11.3 Å². The number of benzene rings is 2. The van der Waals surface area contributed by atoms with Crippen molar-refractivity contribution >= 4 is 22.7 Å². The Bertz CT molecular complexity index is 1290. The van der Waals surface area contributed by atoms with Crippen LogP contribution < -0.4 is 5.32 Å². The van der Waals surface area contributed by atoms with Crippen molar-refractivity contribution in [1.82, 2.24) is 20.4 Å². The molecule has 1 atom stereocenters. The summed E-state index contributed by atoms with van der Waals surface area (Å²) in [5, 5.41) is 8.03. The molecule has 1 saturated heterocycles. The molecule has 5 rings (SSSR count). The summed E-state index contributed by atoms with van der Waals surface area (Å²) >= 11 is 0. The number of nitrogens with one attached hydrogen (secondary N) is 2. The Labute approximate surface area is 191 Å². The summed E-state index contributed by atoms with van der Waals surface area (Å²) in [6, 6.07) is 19.6. The van der Waals surface area contributed by atoms with Crippen molar-refractivity contribution in [2.75, 3.05) is 20.1 Å². The smallest absolute Gasteiger partial charge is 0.228 e. The SMILES string of the molecule is CNC(=O)C1(Cc2cc(-c3ccccc3)no2)CCN(C(=O)Cc2c[nH]c3ccccc23)C1. The highest BCUT2D eigenvalue weighted by Crippen LogP contribution is 2.36. The standard InChI is InChI=1S/C26H26N4O3/c1-27-25(32)26(15-20-14-23(29-33-20)18-7-3-2-4-8-18)11-12-30(17-26)24(31)13-19-16-28-22-10-6-5-9-21(19)22/h2-10,14,16,28H,11-13,15,17H2,1H3,(H,27,32). The topological polar surface area (TPSA) is 91.2 Å². The predicted molar refractivity (Wildman–Crippen MR) is 125 cm³/mol. The van der Waals surface area contributed by atoms with Crippen molar-refractivity contribution < 1.29 is 14.1 Å². The number of H-pyrrole nitrogens is 1. The Kier molecular flexibility index (Phi) is 5.46. The second-order valence-corrected chi connectivity index (χ2v) is 8.68. The van der Waals surface area contributed by atoms with Gasteiger partial charge in [0.1, 0.15) is 11.5 Å². The van der Waals surface area contributed by atoms with E-state index in [1.807, 2.05) is 66.9 Å². The van der Waals surface area contributed by atoms with E-state index in [0.29, 0.717) is 38.1 Å². The van der Waals surface area contributed by atoms with Crippen LogP contribution in [0.1, 0.15) is 17.7 Å². The Balaban J connectivity index is 1.33. The van der Waals surface area contributed by atoms with Gasteiger partial charge in [-0.15, -0.1) is 0 Å². The summed E-state index contributed by atoms with van der Waals surface area (Å²) in [5.74, 6) is 0.582. The van der Waals surface area contributed by atoms with Gasteiger partial charge in [-0.25, -0.2) is 0 Å². The van der Waals surface area contributed by atoms with Crippen LogP contribution in [0.3, 0.4) is 0 Å². The van der Waals surface area contributed by atoms with Crippen LogP contribution >= 0.6 is 0 Å². The van der Waals surface area contributed by atoms with Gasteiger partial charge in [0.05, 0.1) is 11.8 Å². The lowest BCUT2D eigenvalue weighted by Gasteiger charge is -2.26. The molecule has 1 unspecified atom stereocenters. The minimum Gasteiger partial charge on any atom is -0.361 e. The molecule has 0 spiro atoms. The number of likely N-dealkylation sites (tertiary alicyclic amines) is 1. The van der Waals surface area contributed by atoms with Crippen LogP contribution in [0.5, 0.6) is 0 Å². The van der Waals surface area contributed by atoms with Crippen molar-refractivity contribution in [1.29, 1.82) is 0 Å². The first-order chi connectivity index (χ1) is 16.1. The fourth-order valence-corrected chi connectivity index (χ4v) is 4.79. The number of hydrogen-bond donors (Lipinski definition) is 2. The Morgan fingerprint density at radius 1 is 1.15 bits per heavy atom. The van der Waals surface area contributed by atoms with Crippen LogP contribution in [0.25, 0.3) is 22.2 Å². The molecule has 7 nitrogen and oxygen atoms in total. The summed E-state index contributed by atoms with van der Waals surface area (Å²) in [7, 11) is 1.64. The average molecular weight is 443 g/mol. The number of nitrogens with zero attached hydrogens (tertiary/aromatic N) is 2. The number of aromatic nitrogens is 2. The molecule has 2 amide bonds. The summed E-state index contributed by atoms with van der Waals surface area (Å²) in [6.07, 6.45) is 3.16. The van der Waals surface area contributed by atoms with Gasteiger partial charge >= 0.3 is 0 Å². The molecule has 0 aliphatic carbocycles. The number of amides is 2. The van der Waals surface area contributed by atoms with Crippen LogP contribution in [0.4, 0.5) is 0 Å². The third-order valence-corrected chi connectivity index (χ3v) is 6.57. The van der Waals surface area contributed by atoms with Crippen molar-refractivity contribution in [3.05, 3.63) is 78.2 Å². The molecule has 0 saturated carbocycles. The Hall–Kier alpha value is -3.87. The Morgan fingerprint density at radius 3 is 2.76 bits per heavy atom. The van der Waals surface area contributed by atoms with E-state index in [-0.39, 0.29) is 11.8 Å². The number of fused-ring (bicyclic) bond motifs is 1. The number of hydrogen-bond acceptors (Lipinski definition) is 4. The number of aromatic amines is 1. The fourth-order valence-electron chi connectivity index (χ4n) is 4.79. The number of carbonyl (C=O) groups excluding carboxylic acids is 2. The molecule has 0 bridgehead atoms. The monoisotopic (exact) mass is 442 g/mol. The first-order valence-corrected chi connectivity index (χ1v) is 11.1. The fraction of sp³-hybridized carbons (Fsp3) is 0.269. The minimum absolute atomic E-state index is 0.0214. The molecule has 0 radical (unpaired) electrons. The lowest BCUT2D eigenvalue weighted by atomic mass is 9.81. The van der Waals surface area contributed by atoms with E-state index in [2.05, 4.69) is 15.5 Å². The van der Waals surface area contributed by atoms with E-state index < -0.39 is 5.41 Å². The molecule has 2 aromatic carbocycles. The van der Waals surface area contributed by atoms with Crippen LogP contribution in [-0.4, -0.2) is 47.0 Å². The Morgan fingerprint density at radius 2 is 1.94 bits per heavy atom. The van der Waals surface area contributed by atoms with Crippen molar-refractivity contribution in [2.45, 2.75) is 19.3 Å². The quantitative estimate of drug-likeness (QED) is 0.478. The van der Waals surface area contributed by atoms with Gasteiger partial charge in [-0.3, -0.25) is 9.59 Å². The highest BCUT2D eigenvalue weighted by Gasteiger charge is 2.46. The molecule has 7 heteroatoms. The molecule has 2 aromatic heterocycles. The van der Waals surface area contributed by atoms with E-state index in [1.54, 1.807) is 11.9 Å². The second-order valence-electron chi connectivity index (χ2n) is 8.68. The molecule has 1 aliphatic heterocycles. The van der Waals surface area contributed by atoms with E-state index >= 15 is 0 Å². The predicted octanol–water partition coefficient (Wildman–Crippen LogP) is 3.57. The molecule has 33 heavy (non-hydrogen) atoms. The molecule has 4 aromatic rings. The largest absolute Gasteiger partial charge is 0.361 e. The van der Waals surface area contributed by atoms with Gasteiger partial charge in [0.25, 0.3) is 0 Å². The molecule has 1 fully saturated rings. The zero-order valence-corrected chi connectivity index (χ0v) is 18.5. The molecule has 3 heterocycles. The number of carbonyl (C=O) groups is 2. The summed E-state index contributed by atoms with van der Waals surface area (Å²) in [4.78, 5) is 31.1. The van der Waals surface area contributed by atoms with Crippen LogP contribution in [0.15, 0.2) is 71.4 Å². The van der Waals surface area contributed by atoms with E-state index in [1.165, 1.54) is 0 Å². The third kappa shape index (κ3) is 4.02. The van der Waals surface area contributed by atoms with Gasteiger partial charge in [0, 0.05) is 55.3 Å². The molecule has 1 aliphatic rings. The zero-order chi connectivity index (χ0) is 22.8. The third-order valence-electron chi connectivity index (χ3n) is 6.57. The van der Waals surface area contributed by atoms with Gasteiger partial charge in [-0.05, 0) is 18.1 Å².